The predicted molar refractivity (Wildman–Crippen MR) is 80.3 cm³/mol. The van der Waals surface area contributed by atoms with Crippen molar-refractivity contribution in [3.8, 4) is 0 Å². The fourth-order valence-corrected chi connectivity index (χ4v) is 3.69. The highest BCUT2D eigenvalue weighted by Crippen LogP contribution is 2.34. The number of benzene rings is 1. The van der Waals surface area contributed by atoms with Gasteiger partial charge in [-0.05, 0) is 31.2 Å². The number of carbonyl (C=O) groups is 1. The van der Waals surface area contributed by atoms with E-state index in [-0.39, 0.29) is 17.9 Å². The Hall–Kier alpha value is -1.35. The number of carbonyl (C=O) groups excluding carboxylic acids is 1. The summed E-state index contributed by atoms with van der Waals surface area (Å²) in [5.74, 6) is 0.420. The van der Waals surface area contributed by atoms with E-state index < -0.39 is 0 Å². The molecule has 0 aromatic heterocycles. The first kappa shape index (κ1) is 13.6. The van der Waals surface area contributed by atoms with Gasteiger partial charge in [-0.1, -0.05) is 43.7 Å². The number of rotatable bonds is 5. The highest BCUT2D eigenvalue weighted by atomic mass is 16.2. The average Bonchev–Trinajstić information content (AvgIpc) is 3.10. The lowest BCUT2D eigenvalue weighted by atomic mass is 9.88. The topological polar surface area (TPSA) is 41.1 Å². The number of hydrogen-bond donors (Lipinski definition) is 2. The lowest BCUT2D eigenvalue weighted by Crippen LogP contribution is -2.39. The monoisotopic (exact) mass is 272 g/mol. The molecule has 4 unspecified atom stereocenters. The van der Waals surface area contributed by atoms with Crippen LogP contribution in [0.25, 0.3) is 0 Å². The van der Waals surface area contributed by atoms with Gasteiger partial charge in [-0.3, -0.25) is 4.79 Å². The van der Waals surface area contributed by atoms with Gasteiger partial charge in [0.25, 0.3) is 0 Å². The molecule has 0 spiro atoms. The maximum Gasteiger partial charge on any atom is 0.225 e. The molecule has 0 aliphatic carbocycles. The second-order valence-electron chi connectivity index (χ2n) is 6.15. The summed E-state index contributed by atoms with van der Waals surface area (Å²) in [4.78, 5) is 12.5. The van der Waals surface area contributed by atoms with Crippen LogP contribution in [-0.2, 0) is 4.79 Å². The Morgan fingerprint density at radius 1 is 1.35 bits per heavy atom. The van der Waals surface area contributed by atoms with Crippen molar-refractivity contribution in [2.75, 3.05) is 0 Å². The molecule has 4 atom stereocenters. The van der Waals surface area contributed by atoms with E-state index in [0.717, 1.165) is 25.7 Å². The Bertz CT molecular complexity index is 459. The van der Waals surface area contributed by atoms with Crippen LogP contribution in [0.5, 0.6) is 0 Å². The normalized spacial score (nSPS) is 29.4. The third-order valence-electron chi connectivity index (χ3n) is 4.73. The van der Waals surface area contributed by atoms with Gasteiger partial charge in [-0.25, -0.2) is 0 Å². The first-order valence-corrected chi connectivity index (χ1v) is 7.89. The lowest BCUT2D eigenvalue weighted by molar-refractivity contribution is -0.126. The summed E-state index contributed by atoms with van der Waals surface area (Å²) < 4.78 is 0. The van der Waals surface area contributed by atoms with Crippen LogP contribution >= 0.6 is 0 Å². The number of amides is 1. The minimum absolute atomic E-state index is 0.160. The van der Waals surface area contributed by atoms with E-state index in [9.17, 15) is 4.79 Å². The summed E-state index contributed by atoms with van der Waals surface area (Å²) in [5.41, 5.74) is 1.22. The minimum Gasteiger partial charge on any atom is -0.349 e. The zero-order valence-corrected chi connectivity index (χ0v) is 12.1. The summed E-state index contributed by atoms with van der Waals surface area (Å²) in [6.07, 6.45) is 5.50. The SMILES string of the molecule is CCCC(NC(=O)C1CC2CCC1N2)c1ccccc1. The van der Waals surface area contributed by atoms with Crippen LogP contribution in [0.15, 0.2) is 30.3 Å². The first-order chi connectivity index (χ1) is 9.78. The Morgan fingerprint density at radius 2 is 2.15 bits per heavy atom. The summed E-state index contributed by atoms with van der Waals surface area (Å²) in [5, 5.41) is 6.83. The molecule has 2 fully saturated rings. The van der Waals surface area contributed by atoms with Crippen LogP contribution in [0.2, 0.25) is 0 Å². The van der Waals surface area contributed by atoms with Crippen LogP contribution < -0.4 is 10.6 Å². The highest BCUT2D eigenvalue weighted by molar-refractivity contribution is 5.80. The Kier molecular flexibility index (Phi) is 4.06. The molecule has 2 aliphatic heterocycles. The molecule has 20 heavy (non-hydrogen) atoms. The number of fused-ring (bicyclic) bond motifs is 2. The van der Waals surface area contributed by atoms with E-state index in [1.165, 1.54) is 12.0 Å². The van der Waals surface area contributed by atoms with Crippen LogP contribution in [0.1, 0.15) is 50.6 Å². The smallest absolute Gasteiger partial charge is 0.225 e. The van der Waals surface area contributed by atoms with Gasteiger partial charge < -0.3 is 10.6 Å². The standard InChI is InChI=1S/C17H24N2O/c1-2-6-15(12-7-4-3-5-8-12)19-17(20)14-11-13-9-10-16(14)18-13/h3-5,7-8,13-16,18H,2,6,9-11H2,1H3,(H,19,20). The van der Waals surface area contributed by atoms with Gasteiger partial charge in [-0.2, -0.15) is 0 Å². The van der Waals surface area contributed by atoms with Gasteiger partial charge >= 0.3 is 0 Å². The van der Waals surface area contributed by atoms with Crippen molar-refractivity contribution in [2.45, 2.75) is 57.2 Å². The van der Waals surface area contributed by atoms with E-state index in [4.69, 9.17) is 0 Å². The molecule has 2 heterocycles. The lowest BCUT2D eigenvalue weighted by Gasteiger charge is -2.24. The molecule has 1 aromatic rings. The van der Waals surface area contributed by atoms with E-state index in [1.54, 1.807) is 0 Å². The zero-order chi connectivity index (χ0) is 13.9. The highest BCUT2D eigenvalue weighted by Gasteiger charge is 2.43. The molecule has 108 valence electrons. The largest absolute Gasteiger partial charge is 0.349 e. The summed E-state index contributed by atoms with van der Waals surface area (Å²) in [7, 11) is 0. The van der Waals surface area contributed by atoms with Gasteiger partial charge in [0.2, 0.25) is 5.91 Å². The minimum atomic E-state index is 0.160. The molecule has 2 N–H and O–H groups in total. The summed E-state index contributed by atoms with van der Waals surface area (Å²) in [6.45, 7) is 2.17. The second kappa shape index (κ2) is 5.96. The van der Waals surface area contributed by atoms with E-state index in [2.05, 4.69) is 29.7 Å². The number of hydrogen-bond acceptors (Lipinski definition) is 2. The molecule has 2 saturated heterocycles. The van der Waals surface area contributed by atoms with Crippen molar-refractivity contribution in [1.29, 1.82) is 0 Å². The van der Waals surface area contributed by atoms with Crippen LogP contribution in [0.3, 0.4) is 0 Å². The maximum atomic E-state index is 12.5. The molecule has 0 saturated carbocycles. The molecule has 2 aliphatic rings. The van der Waals surface area contributed by atoms with Gasteiger partial charge in [0.15, 0.2) is 0 Å². The van der Waals surface area contributed by atoms with Gasteiger partial charge in [-0.15, -0.1) is 0 Å². The van der Waals surface area contributed by atoms with Crippen LogP contribution in [0.4, 0.5) is 0 Å². The van der Waals surface area contributed by atoms with E-state index in [0.29, 0.717) is 12.1 Å². The Morgan fingerprint density at radius 3 is 2.75 bits per heavy atom. The molecule has 3 heteroatoms. The molecule has 1 aromatic carbocycles. The van der Waals surface area contributed by atoms with Crippen molar-refractivity contribution in [3.05, 3.63) is 35.9 Å². The third-order valence-corrected chi connectivity index (χ3v) is 4.73. The second-order valence-corrected chi connectivity index (χ2v) is 6.15. The quantitative estimate of drug-likeness (QED) is 0.865. The van der Waals surface area contributed by atoms with Crippen molar-refractivity contribution in [2.24, 2.45) is 5.92 Å². The van der Waals surface area contributed by atoms with Crippen molar-refractivity contribution in [1.82, 2.24) is 10.6 Å². The molecule has 3 rings (SSSR count). The molecular formula is C17H24N2O. The predicted octanol–water partition coefficient (Wildman–Crippen LogP) is 2.78. The van der Waals surface area contributed by atoms with Crippen LogP contribution in [0, 0.1) is 5.92 Å². The fourth-order valence-electron chi connectivity index (χ4n) is 3.69. The maximum absolute atomic E-state index is 12.5. The van der Waals surface area contributed by atoms with E-state index in [1.807, 2.05) is 18.2 Å². The molecule has 1 amide bonds. The summed E-state index contributed by atoms with van der Waals surface area (Å²) >= 11 is 0. The zero-order valence-electron chi connectivity index (χ0n) is 12.1. The summed E-state index contributed by atoms with van der Waals surface area (Å²) in [6, 6.07) is 11.5. The van der Waals surface area contributed by atoms with Gasteiger partial charge in [0.05, 0.1) is 12.0 Å². The first-order valence-electron chi connectivity index (χ1n) is 7.89. The van der Waals surface area contributed by atoms with Crippen molar-refractivity contribution in [3.63, 3.8) is 0 Å². The Labute approximate surface area is 121 Å². The van der Waals surface area contributed by atoms with Gasteiger partial charge in [0, 0.05) is 12.1 Å². The molecular weight excluding hydrogens is 248 g/mol. The average molecular weight is 272 g/mol. The van der Waals surface area contributed by atoms with E-state index >= 15 is 0 Å². The number of nitrogens with one attached hydrogen (secondary N) is 2. The fraction of sp³-hybridized carbons (Fsp3) is 0.588. The van der Waals surface area contributed by atoms with Crippen LogP contribution in [-0.4, -0.2) is 18.0 Å². The molecule has 3 nitrogen and oxygen atoms in total. The van der Waals surface area contributed by atoms with Gasteiger partial charge in [0.1, 0.15) is 0 Å². The van der Waals surface area contributed by atoms with Crippen molar-refractivity contribution >= 4 is 5.91 Å². The van der Waals surface area contributed by atoms with Crippen molar-refractivity contribution < 1.29 is 4.79 Å². The third kappa shape index (κ3) is 2.73. The molecule has 2 bridgehead atoms. The molecule has 0 radical (unpaired) electrons. The Balaban J connectivity index is 1.66.